The minimum atomic E-state index is -3.97. The van der Waals surface area contributed by atoms with Crippen LogP contribution in [-0.2, 0) is 30.8 Å². The van der Waals surface area contributed by atoms with Crippen LogP contribution in [0.4, 0.5) is 11.5 Å². The molecule has 0 aliphatic heterocycles. The molecular weight excluding hydrogens is 512 g/mol. The highest BCUT2D eigenvalue weighted by molar-refractivity contribution is 7.92. The lowest BCUT2D eigenvalue weighted by Gasteiger charge is -2.10. The van der Waals surface area contributed by atoms with Crippen molar-refractivity contribution in [3.63, 3.8) is 0 Å². The van der Waals surface area contributed by atoms with Crippen LogP contribution in [0.15, 0.2) is 65.6 Å². The Morgan fingerprint density at radius 1 is 0.895 bits per heavy atom. The zero-order valence-electron chi connectivity index (χ0n) is 21.2. The van der Waals surface area contributed by atoms with E-state index in [-0.39, 0.29) is 47.3 Å². The van der Waals surface area contributed by atoms with Crippen molar-refractivity contribution in [3.05, 3.63) is 66.2 Å². The number of ether oxygens (including phenoxy) is 3. The number of rotatable bonds is 14. The van der Waals surface area contributed by atoms with Gasteiger partial charge in [-0.25, -0.2) is 8.42 Å². The van der Waals surface area contributed by atoms with Gasteiger partial charge in [0.25, 0.3) is 10.0 Å². The standard InChI is InChI=1S/C26H30N4O7S/c1-35-24-18-22(28-26(29-24)36-2)30-38(33,34)21-15-13-20(14-16-21)27-23(31)11-6-12-25(32)37-17-7-10-19-8-4-3-5-9-19/h3-5,8-9,13-16,18H,6-7,10-12,17H2,1-2H3,(H,27,31)(H,28,29,30). The third-order valence-corrected chi connectivity index (χ3v) is 6.63. The van der Waals surface area contributed by atoms with Crippen molar-refractivity contribution in [2.75, 3.05) is 30.9 Å². The lowest BCUT2D eigenvalue weighted by Crippen LogP contribution is -2.15. The molecule has 0 atom stereocenters. The predicted molar refractivity (Wildman–Crippen MR) is 141 cm³/mol. The van der Waals surface area contributed by atoms with Gasteiger partial charge in [0.2, 0.25) is 11.8 Å². The Labute approximate surface area is 221 Å². The first kappa shape index (κ1) is 28.4. The van der Waals surface area contributed by atoms with E-state index < -0.39 is 10.0 Å². The first-order valence-corrected chi connectivity index (χ1v) is 13.4. The number of methoxy groups -OCH3 is 2. The number of anilines is 2. The topological polar surface area (TPSA) is 146 Å². The van der Waals surface area contributed by atoms with Gasteiger partial charge in [-0.3, -0.25) is 14.3 Å². The number of esters is 1. The van der Waals surface area contributed by atoms with Crippen LogP contribution in [0.1, 0.15) is 31.2 Å². The number of aryl methyl sites for hydroxylation is 1. The van der Waals surface area contributed by atoms with Gasteiger partial charge in [0.1, 0.15) is 0 Å². The summed E-state index contributed by atoms with van der Waals surface area (Å²) in [5.74, 6) is -0.535. The molecular formula is C26H30N4O7S. The van der Waals surface area contributed by atoms with Gasteiger partial charge < -0.3 is 19.5 Å². The zero-order valence-corrected chi connectivity index (χ0v) is 22.0. The third-order valence-electron chi connectivity index (χ3n) is 5.26. The van der Waals surface area contributed by atoms with Crippen molar-refractivity contribution in [2.45, 2.75) is 37.0 Å². The second-order valence-corrected chi connectivity index (χ2v) is 9.81. The van der Waals surface area contributed by atoms with Crippen molar-refractivity contribution in [3.8, 4) is 11.9 Å². The molecule has 0 unspecified atom stereocenters. The molecule has 0 aliphatic rings. The Morgan fingerprint density at radius 3 is 2.32 bits per heavy atom. The summed E-state index contributed by atoms with van der Waals surface area (Å²) >= 11 is 0. The van der Waals surface area contributed by atoms with Crippen LogP contribution in [-0.4, -0.2) is 51.1 Å². The van der Waals surface area contributed by atoms with E-state index in [0.717, 1.165) is 12.8 Å². The van der Waals surface area contributed by atoms with E-state index >= 15 is 0 Å². The summed E-state index contributed by atoms with van der Waals surface area (Å²) in [7, 11) is -1.24. The van der Waals surface area contributed by atoms with E-state index in [4.69, 9.17) is 14.2 Å². The van der Waals surface area contributed by atoms with E-state index in [2.05, 4.69) is 20.0 Å². The van der Waals surface area contributed by atoms with E-state index in [9.17, 15) is 18.0 Å². The summed E-state index contributed by atoms with van der Waals surface area (Å²) in [6.45, 7) is 0.336. The number of nitrogens with one attached hydrogen (secondary N) is 2. The van der Waals surface area contributed by atoms with Crippen LogP contribution < -0.4 is 19.5 Å². The number of benzene rings is 2. The Morgan fingerprint density at radius 2 is 1.63 bits per heavy atom. The average Bonchev–Trinajstić information content (AvgIpc) is 2.91. The highest BCUT2D eigenvalue weighted by Crippen LogP contribution is 2.21. The molecule has 38 heavy (non-hydrogen) atoms. The Bertz CT molecular complexity index is 1290. The third kappa shape index (κ3) is 9.04. The molecule has 3 rings (SSSR count). The van der Waals surface area contributed by atoms with Crippen LogP contribution in [0.3, 0.4) is 0 Å². The first-order valence-electron chi connectivity index (χ1n) is 11.9. The largest absolute Gasteiger partial charge is 0.481 e. The minimum Gasteiger partial charge on any atom is -0.481 e. The number of aromatic nitrogens is 2. The summed E-state index contributed by atoms with van der Waals surface area (Å²) in [6, 6.07) is 16.8. The molecule has 3 aromatic rings. The molecule has 202 valence electrons. The quantitative estimate of drug-likeness (QED) is 0.230. The van der Waals surface area contributed by atoms with Crippen molar-refractivity contribution in [2.24, 2.45) is 0 Å². The molecule has 0 bridgehead atoms. The fraction of sp³-hybridized carbons (Fsp3) is 0.308. The molecule has 0 saturated heterocycles. The monoisotopic (exact) mass is 542 g/mol. The molecule has 0 saturated carbocycles. The SMILES string of the molecule is COc1cc(NS(=O)(=O)c2ccc(NC(=O)CCCC(=O)OCCCc3ccccc3)cc2)nc(OC)n1. The summed E-state index contributed by atoms with van der Waals surface area (Å²) in [4.78, 5) is 31.9. The zero-order chi connectivity index (χ0) is 27.4. The molecule has 0 radical (unpaired) electrons. The number of carbonyl (C=O) groups is 2. The maximum atomic E-state index is 12.7. The van der Waals surface area contributed by atoms with Crippen molar-refractivity contribution in [1.29, 1.82) is 0 Å². The van der Waals surface area contributed by atoms with Crippen LogP contribution in [0, 0.1) is 0 Å². The van der Waals surface area contributed by atoms with Gasteiger partial charge in [-0.15, -0.1) is 0 Å². The van der Waals surface area contributed by atoms with E-state index in [1.54, 1.807) is 0 Å². The molecule has 2 N–H and O–H groups in total. The molecule has 12 heteroatoms. The first-order chi connectivity index (χ1) is 18.3. The molecule has 0 fully saturated rings. The maximum Gasteiger partial charge on any atom is 0.321 e. The molecule has 2 aromatic carbocycles. The molecule has 11 nitrogen and oxygen atoms in total. The number of carbonyl (C=O) groups excluding carboxylic acids is 2. The fourth-order valence-corrected chi connectivity index (χ4v) is 4.35. The Kier molecular flexibility index (Phi) is 10.4. The van der Waals surface area contributed by atoms with Gasteiger partial charge in [0, 0.05) is 24.6 Å². The van der Waals surface area contributed by atoms with E-state index in [1.807, 2.05) is 30.3 Å². The number of sulfonamides is 1. The molecule has 0 aliphatic carbocycles. The van der Waals surface area contributed by atoms with Crippen LogP contribution in [0.2, 0.25) is 0 Å². The molecule has 1 amide bonds. The lowest BCUT2D eigenvalue weighted by atomic mass is 10.1. The fourth-order valence-electron chi connectivity index (χ4n) is 3.36. The van der Waals surface area contributed by atoms with Gasteiger partial charge in [-0.1, -0.05) is 30.3 Å². The lowest BCUT2D eigenvalue weighted by molar-refractivity contribution is -0.143. The van der Waals surface area contributed by atoms with Crippen LogP contribution in [0.5, 0.6) is 11.9 Å². The number of hydrogen-bond donors (Lipinski definition) is 2. The summed E-state index contributed by atoms with van der Waals surface area (Å²) < 4.78 is 43.0. The average molecular weight is 543 g/mol. The second-order valence-electron chi connectivity index (χ2n) is 8.12. The van der Waals surface area contributed by atoms with Gasteiger partial charge in [0.05, 0.1) is 25.7 Å². The van der Waals surface area contributed by atoms with Crippen LogP contribution in [0.25, 0.3) is 0 Å². The van der Waals surface area contributed by atoms with E-state index in [0.29, 0.717) is 18.7 Å². The number of hydrogen-bond acceptors (Lipinski definition) is 9. The van der Waals surface area contributed by atoms with Gasteiger partial charge in [0.15, 0.2) is 5.82 Å². The number of nitrogens with zero attached hydrogens (tertiary/aromatic N) is 2. The molecule has 1 aromatic heterocycles. The summed E-state index contributed by atoms with van der Waals surface area (Å²) in [6.07, 6.45) is 2.17. The van der Waals surface area contributed by atoms with Crippen LogP contribution >= 0.6 is 0 Å². The predicted octanol–water partition coefficient (Wildman–Crippen LogP) is 3.58. The normalized spacial score (nSPS) is 10.9. The smallest absolute Gasteiger partial charge is 0.321 e. The summed E-state index contributed by atoms with van der Waals surface area (Å²) in [5, 5.41) is 2.68. The van der Waals surface area contributed by atoms with Gasteiger partial charge in [-0.2, -0.15) is 9.97 Å². The second kappa shape index (κ2) is 13.9. The Balaban J connectivity index is 1.41. The highest BCUT2D eigenvalue weighted by Gasteiger charge is 2.17. The molecule has 1 heterocycles. The number of amides is 1. The highest BCUT2D eigenvalue weighted by atomic mass is 32.2. The Hall–Kier alpha value is -4.19. The van der Waals surface area contributed by atoms with Crippen molar-refractivity contribution < 1.29 is 32.2 Å². The maximum absolute atomic E-state index is 12.7. The minimum absolute atomic E-state index is 0.0270. The molecule has 0 spiro atoms. The van der Waals surface area contributed by atoms with Crippen molar-refractivity contribution in [1.82, 2.24) is 9.97 Å². The summed E-state index contributed by atoms with van der Waals surface area (Å²) in [5.41, 5.74) is 1.61. The van der Waals surface area contributed by atoms with Gasteiger partial charge in [-0.05, 0) is 49.1 Å². The van der Waals surface area contributed by atoms with E-state index in [1.165, 1.54) is 50.1 Å². The van der Waals surface area contributed by atoms with Crippen molar-refractivity contribution >= 4 is 33.4 Å². The van der Waals surface area contributed by atoms with Gasteiger partial charge >= 0.3 is 12.0 Å².